The van der Waals surface area contributed by atoms with Crippen molar-refractivity contribution in [3.05, 3.63) is 35.1 Å². The molecule has 0 aromatic carbocycles. The fourth-order valence-electron chi connectivity index (χ4n) is 3.10. The summed E-state index contributed by atoms with van der Waals surface area (Å²) in [6, 6.07) is 0. The van der Waals surface area contributed by atoms with Crippen molar-refractivity contribution in [2.45, 2.75) is 32.1 Å². The van der Waals surface area contributed by atoms with Gasteiger partial charge >= 0.3 is 0 Å². The monoisotopic (exact) mass is 304 g/mol. The molecule has 5 heteroatoms. The number of hydrogen-bond acceptors (Lipinski definition) is 2. The minimum atomic E-state index is -0.236. The van der Waals surface area contributed by atoms with E-state index in [1.54, 1.807) is 6.08 Å². The number of nitrogens with zero attached hydrogens (tertiary/aromatic N) is 1. The lowest BCUT2D eigenvalue weighted by molar-refractivity contribution is -0.118. The lowest BCUT2D eigenvalue weighted by atomic mass is 9.77. The molecule has 2 aliphatic carbocycles. The van der Waals surface area contributed by atoms with E-state index in [2.05, 4.69) is 10.3 Å². The van der Waals surface area contributed by atoms with Gasteiger partial charge < -0.3 is 5.32 Å². The topological polar surface area (TPSA) is 58.5 Å². The normalized spacial score (nSPS) is 26.1. The Morgan fingerprint density at radius 2 is 2.19 bits per heavy atom. The van der Waals surface area contributed by atoms with Crippen molar-refractivity contribution < 1.29 is 9.59 Å². The predicted octanol–water partition coefficient (Wildman–Crippen LogP) is 2.65. The smallest absolute Gasteiger partial charge is 0.251 e. The summed E-state index contributed by atoms with van der Waals surface area (Å²) in [4.78, 5) is 27.7. The molecule has 0 radical (unpaired) electrons. The second-order valence-corrected chi connectivity index (χ2v) is 5.85. The number of alkyl halides is 1. The Labute approximate surface area is 128 Å². The lowest BCUT2D eigenvalue weighted by Gasteiger charge is -2.33. The maximum absolute atomic E-state index is 12.2. The number of allylic oxidation sites excluding steroid dienone is 3. The van der Waals surface area contributed by atoms with Crippen LogP contribution in [0.3, 0.4) is 0 Å². The Balaban J connectivity index is 1.88. The molecule has 0 fully saturated rings. The van der Waals surface area contributed by atoms with Crippen LogP contribution in [0.4, 0.5) is 0 Å². The van der Waals surface area contributed by atoms with E-state index in [0.29, 0.717) is 5.71 Å². The summed E-state index contributed by atoms with van der Waals surface area (Å²) in [6.45, 7) is 0. The standard InChI is InChI=1S/C16H17ClN2O2/c17-8-7-15(20)18-10-5-6-12-11-3-1-2-4-13(11)16(21)19-14(12)9-10/h5-6,9,12H,1-4,7-8H2,(H,19,21). The van der Waals surface area contributed by atoms with Gasteiger partial charge in [0.1, 0.15) is 0 Å². The third-order valence-electron chi connectivity index (χ3n) is 4.08. The summed E-state index contributed by atoms with van der Waals surface area (Å²) in [6.07, 6.45) is 9.99. The number of hydrogen-bond donors (Lipinski definition) is 1. The molecule has 0 saturated carbocycles. The molecule has 3 rings (SSSR count). The molecule has 1 N–H and O–H groups in total. The van der Waals surface area contributed by atoms with Crippen molar-refractivity contribution in [3.8, 4) is 0 Å². The number of halogens is 1. The van der Waals surface area contributed by atoms with Crippen LogP contribution in [-0.4, -0.2) is 23.4 Å². The minimum Gasteiger partial charge on any atom is -0.325 e. The fourth-order valence-corrected chi connectivity index (χ4v) is 3.26. The Morgan fingerprint density at radius 1 is 1.38 bits per heavy atom. The van der Waals surface area contributed by atoms with Crippen molar-refractivity contribution in [2.24, 2.45) is 10.9 Å². The van der Waals surface area contributed by atoms with Crippen molar-refractivity contribution in [3.63, 3.8) is 0 Å². The molecule has 0 bridgehead atoms. The molecule has 1 unspecified atom stereocenters. The largest absolute Gasteiger partial charge is 0.325 e. The first-order chi connectivity index (χ1) is 10.2. The maximum Gasteiger partial charge on any atom is 0.251 e. The van der Waals surface area contributed by atoms with Crippen LogP contribution in [0.5, 0.6) is 0 Å². The quantitative estimate of drug-likeness (QED) is 0.797. The van der Waals surface area contributed by atoms with Crippen LogP contribution >= 0.6 is 11.6 Å². The summed E-state index contributed by atoms with van der Waals surface area (Å²) < 4.78 is 0. The van der Waals surface area contributed by atoms with Gasteiger partial charge in [-0.2, -0.15) is 0 Å². The molecular weight excluding hydrogens is 288 g/mol. The van der Waals surface area contributed by atoms with E-state index in [4.69, 9.17) is 11.6 Å². The SMILES string of the molecule is O=C(CCCl)N=C1C=CC2C(=C1)NC(=O)C1=C2CCCC1. The number of carbonyl (C=O) groups excluding carboxylic acids is 2. The third-order valence-corrected chi connectivity index (χ3v) is 4.27. The molecule has 1 heterocycles. The fraction of sp³-hybridized carbons (Fsp3) is 0.438. The van der Waals surface area contributed by atoms with E-state index in [1.807, 2.05) is 12.2 Å². The van der Waals surface area contributed by atoms with Gasteiger partial charge in [-0.3, -0.25) is 9.59 Å². The third kappa shape index (κ3) is 2.86. The number of fused-ring (bicyclic) bond motifs is 2. The van der Waals surface area contributed by atoms with E-state index < -0.39 is 0 Å². The van der Waals surface area contributed by atoms with Gasteiger partial charge in [0.25, 0.3) is 5.91 Å². The van der Waals surface area contributed by atoms with Crippen LogP contribution in [0, 0.1) is 5.92 Å². The van der Waals surface area contributed by atoms with Gasteiger partial charge in [0, 0.05) is 29.5 Å². The second kappa shape index (κ2) is 5.98. The highest BCUT2D eigenvalue weighted by Gasteiger charge is 2.32. The average molecular weight is 305 g/mol. The lowest BCUT2D eigenvalue weighted by Crippen LogP contribution is -2.37. The summed E-state index contributed by atoms with van der Waals surface area (Å²) in [5, 5.41) is 2.95. The Bertz CT molecular complexity index is 614. The molecule has 21 heavy (non-hydrogen) atoms. The van der Waals surface area contributed by atoms with Gasteiger partial charge in [-0.25, -0.2) is 4.99 Å². The van der Waals surface area contributed by atoms with Crippen molar-refractivity contribution >= 4 is 29.1 Å². The highest BCUT2D eigenvalue weighted by atomic mass is 35.5. The van der Waals surface area contributed by atoms with Crippen LogP contribution < -0.4 is 5.32 Å². The molecule has 3 aliphatic rings. The molecule has 2 amide bonds. The first-order valence-corrected chi connectivity index (χ1v) is 7.83. The molecule has 0 aromatic heterocycles. The van der Waals surface area contributed by atoms with Crippen molar-refractivity contribution in [1.29, 1.82) is 0 Å². The van der Waals surface area contributed by atoms with Crippen molar-refractivity contribution in [1.82, 2.24) is 5.32 Å². The molecule has 0 spiro atoms. The zero-order chi connectivity index (χ0) is 14.8. The molecule has 1 atom stereocenters. The summed E-state index contributed by atoms with van der Waals surface area (Å²) >= 11 is 5.53. The van der Waals surface area contributed by atoms with Gasteiger partial charge in [-0.1, -0.05) is 6.08 Å². The van der Waals surface area contributed by atoms with Gasteiger partial charge in [0.15, 0.2) is 0 Å². The van der Waals surface area contributed by atoms with Crippen LogP contribution in [0.2, 0.25) is 0 Å². The number of aliphatic imine (C=N–C) groups is 1. The van der Waals surface area contributed by atoms with E-state index in [1.165, 1.54) is 5.57 Å². The Kier molecular flexibility index (Phi) is 4.06. The number of carbonyl (C=O) groups is 2. The van der Waals surface area contributed by atoms with Crippen LogP contribution in [0.1, 0.15) is 32.1 Å². The molecule has 0 aromatic rings. The van der Waals surface area contributed by atoms with Gasteiger partial charge in [-0.05, 0) is 43.4 Å². The first-order valence-electron chi connectivity index (χ1n) is 7.29. The second-order valence-electron chi connectivity index (χ2n) is 5.47. The molecule has 4 nitrogen and oxygen atoms in total. The average Bonchev–Trinajstić information content (AvgIpc) is 2.47. The van der Waals surface area contributed by atoms with Gasteiger partial charge in [0.05, 0.1) is 5.71 Å². The zero-order valence-electron chi connectivity index (χ0n) is 11.7. The van der Waals surface area contributed by atoms with E-state index in [-0.39, 0.29) is 30.0 Å². The van der Waals surface area contributed by atoms with Crippen LogP contribution in [0.25, 0.3) is 0 Å². The van der Waals surface area contributed by atoms with Crippen LogP contribution in [-0.2, 0) is 9.59 Å². The van der Waals surface area contributed by atoms with E-state index in [0.717, 1.165) is 37.0 Å². The number of rotatable bonds is 2. The van der Waals surface area contributed by atoms with E-state index >= 15 is 0 Å². The Morgan fingerprint density at radius 3 is 3.00 bits per heavy atom. The minimum absolute atomic E-state index is 0.00827. The molecule has 110 valence electrons. The molecule has 1 aliphatic heterocycles. The molecule has 0 saturated heterocycles. The summed E-state index contributed by atoms with van der Waals surface area (Å²) in [5.74, 6) is 0.180. The van der Waals surface area contributed by atoms with Gasteiger partial charge in [0.2, 0.25) is 5.91 Å². The summed E-state index contributed by atoms with van der Waals surface area (Å²) in [7, 11) is 0. The molecular formula is C16H17ClN2O2. The first kappa shape index (κ1) is 14.3. The van der Waals surface area contributed by atoms with Gasteiger partial charge in [-0.15, -0.1) is 11.6 Å². The predicted molar refractivity (Wildman–Crippen MR) is 82.1 cm³/mol. The number of nitrogens with one attached hydrogen (secondary N) is 1. The van der Waals surface area contributed by atoms with E-state index in [9.17, 15) is 9.59 Å². The van der Waals surface area contributed by atoms with Crippen LogP contribution in [0.15, 0.2) is 40.1 Å². The summed E-state index contributed by atoms with van der Waals surface area (Å²) in [5.41, 5.74) is 3.60. The zero-order valence-corrected chi connectivity index (χ0v) is 12.4. The highest BCUT2D eigenvalue weighted by Crippen LogP contribution is 2.38. The maximum atomic E-state index is 12.2. The number of amides is 2. The van der Waals surface area contributed by atoms with Crippen molar-refractivity contribution in [2.75, 3.05) is 5.88 Å². The Hall–Kier alpha value is -1.68. The highest BCUT2D eigenvalue weighted by molar-refractivity contribution is 6.19.